The second kappa shape index (κ2) is 6.14. The first-order valence-corrected chi connectivity index (χ1v) is 9.10. The Kier molecular flexibility index (Phi) is 4.75. The Labute approximate surface area is 141 Å². The van der Waals surface area contributed by atoms with Gasteiger partial charge in [-0.25, -0.2) is 0 Å². The van der Waals surface area contributed by atoms with Crippen molar-refractivity contribution >= 4 is 55.5 Å². The van der Waals surface area contributed by atoms with Crippen molar-refractivity contribution in [2.24, 2.45) is 5.10 Å². The molecule has 10 nitrogen and oxygen atoms in total. The van der Waals surface area contributed by atoms with Crippen molar-refractivity contribution in [2.75, 3.05) is 5.32 Å². The number of rotatable bonds is 4. The molecule has 0 aliphatic carbocycles. The zero-order valence-electron chi connectivity index (χ0n) is 10.8. The summed E-state index contributed by atoms with van der Waals surface area (Å²) in [5, 5.41) is 5.98. The Morgan fingerprint density at radius 3 is 2.35 bits per heavy atom. The van der Waals surface area contributed by atoms with Crippen molar-refractivity contribution in [1.29, 1.82) is 0 Å². The van der Waals surface area contributed by atoms with Gasteiger partial charge in [0, 0.05) is 0 Å². The third-order valence-corrected chi connectivity index (χ3v) is 4.73. The molecule has 23 heavy (non-hydrogen) atoms. The van der Waals surface area contributed by atoms with E-state index in [0.717, 1.165) is 29.1 Å². The molecule has 0 aromatic heterocycles. The number of halogens is 2. The zero-order chi connectivity index (χ0) is 17.4. The highest BCUT2D eigenvalue weighted by Crippen LogP contribution is 2.27. The molecule has 0 radical (unpaired) electrons. The summed E-state index contributed by atoms with van der Waals surface area (Å²) >= 11 is 11.3. The lowest BCUT2D eigenvalue weighted by Gasteiger charge is -2.20. The van der Waals surface area contributed by atoms with Crippen LogP contribution in [0.4, 0.5) is 5.69 Å². The van der Waals surface area contributed by atoms with Crippen molar-refractivity contribution in [3.05, 3.63) is 29.1 Å². The summed E-state index contributed by atoms with van der Waals surface area (Å²) < 4.78 is 64.0. The molecule has 0 atom stereocenters. The van der Waals surface area contributed by atoms with Crippen LogP contribution in [0.2, 0.25) is 0 Å². The van der Waals surface area contributed by atoms with Crippen LogP contribution in [0.5, 0.6) is 0 Å². The van der Waals surface area contributed by atoms with E-state index < -0.39 is 30.0 Å². The molecule has 0 unspecified atom stereocenters. The molecule has 0 saturated heterocycles. The minimum absolute atomic E-state index is 0.0287. The van der Waals surface area contributed by atoms with Gasteiger partial charge in [0.15, 0.2) is 0 Å². The predicted octanol–water partition coefficient (Wildman–Crippen LogP) is 0.960. The molecule has 0 fully saturated rings. The summed E-state index contributed by atoms with van der Waals surface area (Å²) in [6.45, 7) is 0. The molecule has 4 N–H and O–H groups in total. The molecule has 0 bridgehead atoms. The number of hydrogen-bond acceptors (Lipinski definition) is 8. The molecule has 2 rings (SSSR count). The van der Waals surface area contributed by atoms with Crippen LogP contribution in [0.25, 0.3) is 0 Å². The maximum Gasteiger partial charge on any atom is 0.296 e. The molecule has 14 heteroatoms. The van der Waals surface area contributed by atoms with Crippen LogP contribution >= 0.6 is 23.4 Å². The molecule has 1 aliphatic rings. The number of anilines is 1. The van der Waals surface area contributed by atoms with E-state index in [1.807, 2.05) is 0 Å². The van der Waals surface area contributed by atoms with Gasteiger partial charge in [-0.1, -0.05) is 11.6 Å². The Bertz CT molecular complexity index is 912. The highest BCUT2D eigenvalue weighted by atomic mass is 35.5. The Hall–Kier alpha value is -1.57. The molecule has 1 heterocycles. The fraction of sp³-hybridized carbons (Fsp3) is 0. The summed E-state index contributed by atoms with van der Waals surface area (Å²) in [7, 11) is -9.28. The van der Waals surface area contributed by atoms with Gasteiger partial charge in [-0.2, -0.15) is 16.8 Å². The number of benzene rings is 1. The van der Waals surface area contributed by atoms with Crippen LogP contribution in [0, 0.1) is 0 Å². The second-order valence-electron chi connectivity index (χ2n) is 4.08. The van der Waals surface area contributed by atoms with Gasteiger partial charge in [-0.15, -0.1) is 9.74 Å². The maximum absolute atomic E-state index is 11.4. The van der Waals surface area contributed by atoms with Crippen LogP contribution in [0.15, 0.2) is 43.9 Å². The lowest BCUT2D eigenvalue weighted by molar-refractivity contribution is 0.405. The van der Waals surface area contributed by atoms with E-state index in [-0.39, 0.29) is 16.5 Å². The first kappa shape index (κ1) is 17.8. The minimum Gasteiger partial charge on any atom is -0.351 e. The highest BCUT2D eigenvalue weighted by Gasteiger charge is 2.21. The van der Waals surface area contributed by atoms with Crippen molar-refractivity contribution in [3.8, 4) is 0 Å². The monoisotopic (exact) mass is 402 g/mol. The van der Waals surface area contributed by atoms with Crippen LogP contribution in [0.3, 0.4) is 0 Å². The lowest BCUT2D eigenvalue weighted by atomic mass is 10.3. The number of hydrazine groups is 1. The van der Waals surface area contributed by atoms with E-state index >= 15 is 0 Å². The summed E-state index contributed by atoms with van der Waals surface area (Å²) in [6.07, 6.45) is 1.11. The number of hydrazone groups is 1. The van der Waals surface area contributed by atoms with E-state index in [1.165, 1.54) is 0 Å². The second-order valence-corrected chi connectivity index (χ2v) is 7.59. The smallest absolute Gasteiger partial charge is 0.296 e. The third kappa shape index (κ3) is 4.25. The van der Waals surface area contributed by atoms with Crippen molar-refractivity contribution in [2.45, 2.75) is 9.79 Å². The van der Waals surface area contributed by atoms with E-state index in [2.05, 4.69) is 15.8 Å². The molecule has 0 amide bonds. The molecule has 1 aromatic rings. The molecule has 126 valence electrons. The summed E-state index contributed by atoms with van der Waals surface area (Å²) in [4.78, 5) is -1.23. The summed E-state index contributed by atoms with van der Waals surface area (Å²) in [6, 6.07) is 2.42. The number of allylic oxidation sites excluding steroid dienone is 1. The topological polar surface area (TPSA) is 148 Å². The summed E-state index contributed by atoms with van der Waals surface area (Å²) in [5.74, 6) is 0. The summed E-state index contributed by atoms with van der Waals surface area (Å²) in [5.41, 5.74) is 2.03. The maximum atomic E-state index is 11.4. The standard InChI is InChI=1S/C9H8Cl2N4O6S2/c10-9-7(4-12-15(11)14-9)13-6-3-5(22(16,17)18)1-2-8(6)23(19,20)21/h1-4,13-14H,(H,16,17,18)(H,19,20,21). The quantitative estimate of drug-likeness (QED) is 0.328. The van der Waals surface area contributed by atoms with Gasteiger partial charge in [0.1, 0.15) is 10.1 Å². The Balaban J connectivity index is 2.55. The number of hydrogen-bond donors (Lipinski definition) is 4. The van der Waals surface area contributed by atoms with Crippen LogP contribution in [-0.2, 0) is 20.2 Å². The first-order chi connectivity index (χ1) is 10.5. The van der Waals surface area contributed by atoms with Crippen LogP contribution < -0.4 is 10.7 Å². The third-order valence-electron chi connectivity index (χ3n) is 2.51. The molecular formula is C9H8Cl2N4O6S2. The van der Waals surface area contributed by atoms with Gasteiger partial charge in [0.05, 0.1) is 34.3 Å². The van der Waals surface area contributed by atoms with Crippen molar-refractivity contribution < 1.29 is 25.9 Å². The minimum atomic E-state index is -4.68. The molecule has 1 aliphatic heterocycles. The fourth-order valence-electron chi connectivity index (χ4n) is 1.56. The van der Waals surface area contributed by atoms with Gasteiger partial charge in [0.25, 0.3) is 20.2 Å². The normalized spacial score (nSPS) is 15.6. The largest absolute Gasteiger partial charge is 0.351 e. The van der Waals surface area contributed by atoms with Gasteiger partial charge in [-0.05, 0) is 18.2 Å². The van der Waals surface area contributed by atoms with Gasteiger partial charge >= 0.3 is 0 Å². The van der Waals surface area contributed by atoms with Crippen LogP contribution in [0.1, 0.15) is 0 Å². The Morgan fingerprint density at radius 1 is 1.17 bits per heavy atom. The average molecular weight is 403 g/mol. The molecule has 0 spiro atoms. The SMILES string of the molecule is O=S(=O)(O)c1ccc(S(=O)(=O)O)c(NC2=C(Cl)NN(Cl)N=C2)c1. The Morgan fingerprint density at radius 2 is 1.83 bits per heavy atom. The van der Waals surface area contributed by atoms with Crippen molar-refractivity contribution in [1.82, 2.24) is 10.1 Å². The van der Waals surface area contributed by atoms with E-state index in [9.17, 15) is 21.4 Å². The van der Waals surface area contributed by atoms with E-state index in [1.54, 1.807) is 0 Å². The highest BCUT2D eigenvalue weighted by molar-refractivity contribution is 7.86. The van der Waals surface area contributed by atoms with Gasteiger partial charge in [0.2, 0.25) is 0 Å². The number of nitrogens with zero attached hydrogens (tertiary/aromatic N) is 2. The number of nitrogens with one attached hydrogen (secondary N) is 2. The molecule has 1 aromatic carbocycles. The lowest BCUT2D eigenvalue weighted by Crippen LogP contribution is -2.29. The predicted molar refractivity (Wildman–Crippen MR) is 81.9 cm³/mol. The molecular weight excluding hydrogens is 395 g/mol. The van der Waals surface area contributed by atoms with Gasteiger partial charge in [-0.3, -0.25) is 14.5 Å². The van der Waals surface area contributed by atoms with E-state index in [4.69, 9.17) is 27.9 Å². The van der Waals surface area contributed by atoms with Crippen molar-refractivity contribution in [3.63, 3.8) is 0 Å². The van der Waals surface area contributed by atoms with E-state index in [0.29, 0.717) is 0 Å². The average Bonchev–Trinajstić information content (AvgIpc) is 2.39. The zero-order valence-corrected chi connectivity index (χ0v) is 13.9. The van der Waals surface area contributed by atoms with Gasteiger partial charge < -0.3 is 5.32 Å². The first-order valence-electron chi connectivity index (χ1n) is 5.51. The van der Waals surface area contributed by atoms with Crippen LogP contribution in [-0.4, -0.2) is 36.8 Å². The fourth-order valence-corrected chi connectivity index (χ4v) is 3.04. The molecule has 0 saturated carbocycles.